The van der Waals surface area contributed by atoms with E-state index in [2.05, 4.69) is 28.4 Å². The Morgan fingerprint density at radius 3 is 1.92 bits per heavy atom. The van der Waals surface area contributed by atoms with Crippen molar-refractivity contribution in [3.05, 3.63) is 0 Å². The zero-order valence-corrected chi connectivity index (χ0v) is 16.1. The van der Waals surface area contributed by atoms with E-state index in [1.54, 1.807) is 0 Å². The Morgan fingerprint density at radius 2 is 1.35 bits per heavy atom. The molecule has 1 atom stereocenters. The van der Waals surface area contributed by atoms with E-state index in [9.17, 15) is 0 Å². The van der Waals surface area contributed by atoms with Gasteiger partial charge in [-0.15, -0.1) is 0 Å². The molecule has 0 spiro atoms. The fourth-order valence-corrected chi connectivity index (χ4v) is 2.36. The highest BCUT2D eigenvalue weighted by molar-refractivity contribution is 4.76. The minimum absolute atomic E-state index is 0.199. The van der Waals surface area contributed by atoms with Gasteiger partial charge in [0, 0.05) is 52.1 Å². The van der Waals surface area contributed by atoms with Crippen molar-refractivity contribution in [1.29, 1.82) is 15.8 Å². The summed E-state index contributed by atoms with van der Waals surface area (Å²) >= 11 is 0. The van der Waals surface area contributed by atoms with Gasteiger partial charge in [0.2, 0.25) is 0 Å². The third kappa shape index (κ3) is 17.1. The van der Waals surface area contributed by atoms with E-state index in [0.29, 0.717) is 32.5 Å². The van der Waals surface area contributed by atoms with Crippen molar-refractivity contribution in [2.45, 2.75) is 58.2 Å². The molecule has 0 aliphatic carbocycles. The first-order valence-electron chi connectivity index (χ1n) is 9.51. The number of hydrogen-bond acceptors (Lipinski definition) is 7. The highest BCUT2D eigenvalue weighted by Crippen LogP contribution is 2.02. The lowest BCUT2D eigenvalue weighted by Gasteiger charge is -2.20. The second-order valence-corrected chi connectivity index (χ2v) is 6.04. The van der Waals surface area contributed by atoms with E-state index >= 15 is 0 Å². The molecular weight excluding hydrogens is 330 g/mol. The third-order valence-corrected chi connectivity index (χ3v) is 3.81. The minimum Gasteiger partial charge on any atom is -0.353 e. The molecule has 0 aromatic carbocycles. The summed E-state index contributed by atoms with van der Waals surface area (Å²) < 4.78 is 11.3. The van der Waals surface area contributed by atoms with E-state index in [0.717, 1.165) is 58.4 Å². The molecule has 0 rings (SSSR count). The van der Waals surface area contributed by atoms with E-state index in [1.807, 2.05) is 6.92 Å². The maximum atomic E-state index is 8.67. The summed E-state index contributed by atoms with van der Waals surface area (Å²) in [6.45, 7) is 7.25. The lowest BCUT2D eigenvalue weighted by atomic mass is 10.2. The fourth-order valence-electron chi connectivity index (χ4n) is 2.36. The van der Waals surface area contributed by atoms with Gasteiger partial charge in [0.15, 0.2) is 6.29 Å². The Labute approximate surface area is 158 Å². The van der Waals surface area contributed by atoms with Crippen LogP contribution in [0.1, 0.15) is 51.9 Å². The van der Waals surface area contributed by atoms with Crippen molar-refractivity contribution in [3.63, 3.8) is 0 Å². The van der Waals surface area contributed by atoms with Gasteiger partial charge in [-0.25, -0.2) is 0 Å². The first kappa shape index (κ1) is 24.3. The largest absolute Gasteiger partial charge is 0.353 e. The molecule has 0 amide bonds. The average molecular weight is 364 g/mol. The summed E-state index contributed by atoms with van der Waals surface area (Å²) in [5, 5.41) is 29.0. The highest BCUT2D eigenvalue weighted by atomic mass is 16.7. The summed E-state index contributed by atoms with van der Waals surface area (Å²) in [5.41, 5.74) is 0. The second-order valence-electron chi connectivity index (χ2n) is 6.04. The van der Waals surface area contributed by atoms with Crippen LogP contribution >= 0.6 is 0 Å². The van der Waals surface area contributed by atoms with Crippen LogP contribution < -0.4 is 5.32 Å². The Balaban J connectivity index is 3.51. The first-order chi connectivity index (χ1) is 12.7. The molecule has 0 saturated carbocycles. The maximum absolute atomic E-state index is 8.67. The molecule has 26 heavy (non-hydrogen) atoms. The minimum atomic E-state index is -0.199. The summed E-state index contributed by atoms with van der Waals surface area (Å²) in [7, 11) is 0. The van der Waals surface area contributed by atoms with Gasteiger partial charge in [-0.05, 0) is 45.7 Å². The highest BCUT2D eigenvalue weighted by Gasteiger charge is 2.05. The van der Waals surface area contributed by atoms with Gasteiger partial charge in [0.05, 0.1) is 18.2 Å². The Hall–Kier alpha value is -1.69. The van der Waals surface area contributed by atoms with E-state index in [4.69, 9.17) is 25.3 Å². The van der Waals surface area contributed by atoms with E-state index in [1.165, 1.54) is 0 Å². The molecular formula is C19H33N5O2. The summed E-state index contributed by atoms with van der Waals surface area (Å²) in [6, 6.07) is 6.40. The predicted octanol–water partition coefficient (Wildman–Crippen LogP) is 2.56. The van der Waals surface area contributed by atoms with Gasteiger partial charge >= 0.3 is 0 Å². The summed E-state index contributed by atoms with van der Waals surface area (Å²) in [5.74, 6) is 0. The van der Waals surface area contributed by atoms with E-state index in [-0.39, 0.29) is 6.29 Å². The van der Waals surface area contributed by atoms with Crippen LogP contribution in [0.5, 0.6) is 0 Å². The van der Waals surface area contributed by atoms with Gasteiger partial charge in [-0.3, -0.25) is 0 Å². The molecule has 0 fully saturated rings. The smallest absolute Gasteiger partial charge is 0.154 e. The SMILES string of the molecule is CC(OCCCCNCCC#N)OCCCCN(CCC#N)CCC#N. The van der Waals surface area contributed by atoms with Gasteiger partial charge in [-0.1, -0.05) is 0 Å². The van der Waals surface area contributed by atoms with Crippen molar-refractivity contribution < 1.29 is 9.47 Å². The van der Waals surface area contributed by atoms with Crippen LogP contribution in [0.4, 0.5) is 0 Å². The number of ether oxygens (including phenoxy) is 2. The quantitative estimate of drug-likeness (QED) is 0.295. The first-order valence-corrected chi connectivity index (χ1v) is 9.51. The van der Waals surface area contributed by atoms with Crippen LogP contribution in [0, 0.1) is 34.0 Å². The Morgan fingerprint density at radius 1 is 0.769 bits per heavy atom. The molecule has 0 radical (unpaired) electrons. The molecule has 7 heteroatoms. The maximum Gasteiger partial charge on any atom is 0.154 e. The van der Waals surface area contributed by atoms with Crippen molar-refractivity contribution in [2.24, 2.45) is 0 Å². The zero-order chi connectivity index (χ0) is 19.3. The topological polar surface area (TPSA) is 105 Å². The summed E-state index contributed by atoms with van der Waals surface area (Å²) in [4.78, 5) is 2.16. The number of unbranched alkanes of at least 4 members (excludes halogenated alkanes) is 2. The molecule has 146 valence electrons. The van der Waals surface area contributed by atoms with Crippen LogP contribution in [0.3, 0.4) is 0 Å². The normalized spacial score (nSPS) is 11.7. The van der Waals surface area contributed by atoms with E-state index < -0.39 is 0 Å². The Kier molecular flexibility index (Phi) is 18.4. The number of nitriles is 3. The molecule has 1 N–H and O–H groups in total. The van der Waals surface area contributed by atoms with Crippen LogP contribution in [0.15, 0.2) is 0 Å². The number of rotatable bonds is 18. The molecule has 0 saturated heterocycles. The molecule has 7 nitrogen and oxygen atoms in total. The van der Waals surface area contributed by atoms with Gasteiger partial charge < -0.3 is 19.7 Å². The van der Waals surface area contributed by atoms with Crippen molar-refractivity contribution >= 4 is 0 Å². The molecule has 0 aliphatic rings. The standard InChI is InChI=1S/C19H33N5O2/c1-19(25-17-4-2-12-23-13-6-9-20)26-18-5-3-14-24(15-7-10-21)16-8-11-22/h19,23H,2-8,12-18H2,1H3. The Bertz CT molecular complexity index is 421. The van der Waals surface area contributed by atoms with Crippen LogP contribution in [-0.4, -0.2) is 57.1 Å². The van der Waals surface area contributed by atoms with Crippen molar-refractivity contribution in [2.75, 3.05) is 45.9 Å². The van der Waals surface area contributed by atoms with Crippen molar-refractivity contribution in [1.82, 2.24) is 10.2 Å². The monoisotopic (exact) mass is 363 g/mol. The van der Waals surface area contributed by atoms with Crippen LogP contribution in [0.2, 0.25) is 0 Å². The second kappa shape index (κ2) is 19.6. The van der Waals surface area contributed by atoms with Crippen molar-refractivity contribution in [3.8, 4) is 18.2 Å². The van der Waals surface area contributed by atoms with Gasteiger partial charge in [0.25, 0.3) is 0 Å². The van der Waals surface area contributed by atoms with Crippen LogP contribution in [0.25, 0.3) is 0 Å². The van der Waals surface area contributed by atoms with Crippen LogP contribution in [-0.2, 0) is 9.47 Å². The molecule has 0 aromatic heterocycles. The molecule has 0 aliphatic heterocycles. The summed E-state index contributed by atoms with van der Waals surface area (Å²) in [6.07, 6.45) is 5.27. The van der Waals surface area contributed by atoms with Gasteiger partial charge in [0.1, 0.15) is 0 Å². The molecule has 0 aromatic rings. The predicted molar refractivity (Wildman–Crippen MR) is 99.8 cm³/mol. The average Bonchev–Trinajstić information content (AvgIpc) is 2.65. The van der Waals surface area contributed by atoms with Gasteiger partial charge in [-0.2, -0.15) is 15.8 Å². The molecule has 0 bridgehead atoms. The third-order valence-electron chi connectivity index (χ3n) is 3.81. The number of nitrogens with zero attached hydrogens (tertiary/aromatic N) is 4. The molecule has 1 unspecified atom stereocenters. The number of nitrogens with one attached hydrogen (secondary N) is 1. The zero-order valence-electron chi connectivity index (χ0n) is 16.1. The fraction of sp³-hybridized carbons (Fsp3) is 0.842. The lowest BCUT2D eigenvalue weighted by Crippen LogP contribution is -2.27. The number of hydrogen-bond donors (Lipinski definition) is 1. The lowest BCUT2D eigenvalue weighted by molar-refractivity contribution is -0.131. The molecule has 0 heterocycles.